The predicted molar refractivity (Wildman–Crippen MR) is 91.0 cm³/mol. The topological polar surface area (TPSA) is 60.7 Å². The van der Waals surface area contributed by atoms with Crippen molar-refractivity contribution in [3.05, 3.63) is 22.8 Å². The van der Waals surface area contributed by atoms with E-state index in [0.717, 1.165) is 45.0 Å². The summed E-state index contributed by atoms with van der Waals surface area (Å²) < 4.78 is 0. The Balaban J connectivity index is -0.000000463. The molecule has 130 valence electrons. The van der Waals surface area contributed by atoms with Crippen LogP contribution in [0.15, 0.2) is 22.8 Å². The molecule has 0 spiro atoms. The molecule has 0 aromatic heterocycles. The Morgan fingerprint density at radius 2 is 1.09 bits per heavy atom. The van der Waals surface area contributed by atoms with Gasteiger partial charge in [0.05, 0.1) is 0 Å². The second-order valence-corrected chi connectivity index (χ2v) is 5.80. The molecule has 5 unspecified atom stereocenters. The first-order valence-electron chi connectivity index (χ1n) is 7.72. The second kappa shape index (κ2) is 13.5. The van der Waals surface area contributed by atoms with Crippen LogP contribution in [0.1, 0.15) is 41.5 Å². The van der Waals surface area contributed by atoms with Crippen molar-refractivity contribution in [1.82, 2.24) is 0 Å². The van der Waals surface area contributed by atoms with Crippen LogP contribution >= 0.6 is 0 Å². The van der Waals surface area contributed by atoms with Gasteiger partial charge in [0, 0.05) is 43.0 Å². The number of hydrogen-bond donors (Lipinski definition) is 3. The Kier molecular flexibility index (Phi) is 16.5. The SMILES string of the molecule is CC1=CC(C)C2=C1C(C)C(C)C(C)C2C.CO.CO.CO.[Ti]. The maximum absolute atomic E-state index is 7.00. The Bertz CT molecular complexity index is 350. The second-order valence-electron chi connectivity index (χ2n) is 5.80. The van der Waals surface area contributed by atoms with Crippen LogP contribution in [-0.4, -0.2) is 36.6 Å². The molecule has 0 bridgehead atoms. The number of rotatable bonds is 0. The van der Waals surface area contributed by atoms with Crippen molar-refractivity contribution in [3.63, 3.8) is 0 Å². The average Bonchev–Trinajstić information content (AvgIpc) is 2.83. The van der Waals surface area contributed by atoms with E-state index in [1.165, 1.54) is 0 Å². The van der Waals surface area contributed by atoms with Gasteiger partial charge in [-0.15, -0.1) is 0 Å². The Morgan fingerprint density at radius 1 is 0.727 bits per heavy atom. The van der Waals surface area contributed by atoms with Crippen molar-refractivity contribution in [2.45, 2.75) is 41.5 Å². The van der Waals surface area contributed by atoms with Gasteiger partial charge in [-0.2, -0.15) is 0 Å². The molecule has 0 fully saturated rings. The summed E-state index contributed by atoms with van der Waals surface area (Å²) in [6, 6.07) is 0. The molecule has 2 rings (SSSR count). The van der Waals surface area contributed by atoms with E-state index >= 15 is 0 Å². The summed E-state index contributed by atoms with van der Waals surface area (Å²) in [5, 5.41) is 21.0. The van der Waals surface area contributed by atoms with E-state index in [-0.39, 0.29) is 21.7 Å². The first-order valence-corrected chi connectivity index (χ1v) is 7.72. The maximum atomic E-state index is 7.00. The van der Waals surface area contributed by atoms with Gasteiger partial charge in [-0.1, -0.05) is 51.8 Å². The van der Waals surface area contributed by atoms with E-state index in [1.54, 1.807) is 16.7 Å². The molecule has 3 N–H and O–H groups in total. The predicted octanol–water partition coefficient (Wildman–Crippen LogP) is 3.26. The third kappa shape index (κ3) is 5.61. The number of aliphatic hydroxyl groups is 3. The van der Waals surface area contributed by atoms with Gasteiger partial charge in [0.2, 0.25) is 0 Å². The van der Waals surface area contributed by atoms with Crippen LogP contribution in [0.25, 0.3) is 0 Å². The molecule has 0 saturated heterocycles. The Morgan fingerprint density at radius 3 is 1.50 bits per heavy atom. The molecule has 0 aliphatic heterocycles. The standard InChI is InChI=1S/C15H24.3CH4O.Ti/c1-8-7-9(2)15-13(6)11(4)10(3)12(5)14(8)15;3*1-2;/h7-8,10-13H,1-6H3;3*2H,1H3;. The van der Waals surface area contributed by atoms with E-state index in [0.29, 0.717) is 5.92 Å². The fourth-order valence-electron chi connectivity index (χ4n) is 3.77. The normalized spacial score (nSPS) is 31.8. The molecule has 0 aromatic rings. The van der Waals surface area contributed by atoms with E-state index in [9.17, 15) is 0 Å². The molecule has 5 atom stereocenters. The number of allylic oxidation sites excluding steroid dienone is 4. The van der Waals surface area contributed by atoms with Gasteiger partial charge in [0.1, 0.15) is 0 Å². The van der Waals surface area contributed by atoms with E-state index in [2.05, 4.69) is 47.6 Å². The van der Waals surface area contributed by atoms with E-state index in [1.807, 2.05) is 0 Å². The number of hydrogen-bond acceptors (Lipinski definition) is 3. The summed E-state index contributed by atoms with van der Waals surface area (Å²) in [6.07, 6.45) is 2.46. The third-order valence-corrected chi connectivity index (χ3v) is 5.08. The molecule has 2 aliphatic rings. The summed E-state index contributed by atoms with van der Waals surface area (Å²) in [6.45, 7) is 14.3. The molecule has 4 heteroatoms. The first kappa shape index (κ1) is 26.9. The fourth-order valence-corrected chi connectivity index (χ4v) is 3.77. The van der Waals surface area contributed by atoms with Crippen LogP contribution in [0, 0.1) is 29.6 Å². The quantitative estimate of drug-likeness (QED) is 0.589. The van der Waals surface area contributed by atoms with Crippen molar-refractivity contribution in [2.75, 3.05) is 21.3 Å². The number of aliphatic hydroxyl groups excluding tert-OH is 3. The van der Waals surface area contributed by atoms with Crippen LogP contribution in [-0.2, 0) is 21.7 Å². The molecule has 2 aliphatic carbocycles. The minimum atomic E-state index is 0. The third-order valence-electron chi connectivity index (χ3n) is 5.08. The van der Waals surface area contributed by atoms with E-state index < -0.39 is 0 Å². The van der Waals surface area contributed by atoms with Gasteiger partial charge in [0.25, 0.3) is 0 Å². The minimum absolute atomic E-state index is 0. The average molecular weight is 348 g/mol. The molecular weight excluding hydrogens is 312 g/mol. The zero-order chi connectivity index (χ0) is 17.3. The zero-order valence-electron chi connectivity index (χ0n) is 15.8. The van der Waals surface area contributed by atoms with Crippen LogP contribution in [0.4, 0.5) is 0 Å². The van der Waals surface area contributed by atoms with Crippen LogP contribution in [0.3, 0.4) is 0 Å². The van der Waals surface area contributed by atoms with Crippen molar-refractivity contribution in [3.8, 4) is 0 Å². The summed E-state index contributed by atoms with van der Waals surface area (Å²) in [5.41, 5.74) is 4.99. The van der Waals surface area contributed by atoms with Gasteiger partial charge >= 0.3 is 0 Å². The Hall–Kier alpha value is 0.0743. The van der Waals surface area contributed by atoms with Crippen molar-refractivity contribution in [1.29, 1.82) is 0 Å². The van der Waals surface area contributed by atoms with Crippen LogP contribution < -0.4 is 0 Å². The molecule has 3 nitrogen and oxygen atoms in total. The van der Waals surface area contributed by atoms with Gasteiger partial charge in [-0.3, -0.25) is 0 Å². The van der Waals surface area contributed by atoms with Crippen molar-refractivity contribution >= 4 is 0 Å². The van der Waals surface area contributed by atoms with Gasteiger partial charge in [-0.05, 0) is 42.1 Å². The molecule has 0 aromatic carbocycles. The fraction of sp³-hybridized carbons (Fsp3) is 0.778. The molecule has 0 radical (unpaired) electrons. The molecular formula is C18H36O3Ti. The van der Waals surface area contributed by atoms with Crippen LogP contribution in [0.5, 0.6) is 0 Å². The van der Waals surface area contributed by atoms with Crippen molar-refractivity contribution in [2.24, 2.45) is 29.6 Å². The minimum Gasteiger partial charge on any atom is -0.400 e. The first-order chi connectivity index (χ1) is 9.95. The largest absolute Gasteiger partial charge is 0.400 e. The van der Waals surface area contributed by atoms with Crippen LogP contribution in [0.2, 0.25) is 0 Å². The summed E-state index contributed by atoms with van der Waals surface area (Å²) in [4.78, 5) is 0. The van der Waals surface area contributed by atoms with Gasteiger partial charge in [0.15, 0.2) is 0 Å². The molecule has 22 heavy (non-hydrogen) atoms. The van der Waals surface area contributed by atoms with Gasteiger partial charge in [-0.25, -0.2) is 0 Å². The van der Waals surface area contributed by atoms with Gasteiger partial charge < -0.3 is 15.3 Å². The monoisotopic (exact) mass is 348 g/mol. The summed E-state index contributed by atoms with van der Waals surface area (Å²) >= 11 is 0. The van der Waals surface area contributed by atoms with E-state index in [4.69, 9.17) is 15.3 Å². The maximum Gasteiger partial charge on any atom is 0.0319 e. The molecule has 0 saturated carbocycles. The summed E-state index contributed by atoms with van der Waals surface area (Å²) in [5.74, 6) is 3.88. The molecule has 0 amide bonds. The summed E-state index contributed by atoms with van der Waals surface area (Å²) in [7, 11) is 3.00. The Labute approximate surface area is 152 Å². The smallest absolute Gasteiger partial charge is 0.0319 e. The van der Waals surface area contributed by atoms with Crippen molar-refractivity contribution < 1.29 is 37.0 Å². The zero-order valence-corrected chi connectivity index (χ0v) is 17.4. The molecule has 0 heterocycles.